The van der Waals surface area contributed by atoms with E-state index in [-0.39, 0.29) is 18.7 Å². The van der Waals surface area contributed by atoms with Crippen LogP contribution >= 0.6 is 0 Å². The Hall–Kier alpha value is -2.90. The average Bonchev–Trinajstić information content (AvgIpc) is 3.38. The number of ether oxygens (including phenoxy) is 2. The summed E-state index contributed by atoms with van der Waals surface area (Å²) in [6, 6.07) is 7.13. The second-order valence-electron chi connectivity index (χ2n) is 7.67. The zero-order valence-corrected chi connectivity index (χ0v) is 16.2. The van der Waals surface area contributed by atoms with Gasteiger partial charge >= 0.3 is 6.09 Å². The van der Waals surface area contributed by atoms with Gasteiger partial charge in [-0.1, -0.05) is 5.16 Å². The molecule has 1 aliphatic rings. The van der Waals surface area contributed by atoms with Crippen LogP contribution in [0.25, 0.3) is 11.4 Å². The monoisotopic (exact) mass is 389 g/mol. The van der Waals surface area contributed by atoms with E-state index in [0.29, 0.717) is 29.7 Å². The van der Waals surface area contributed by atoms with Crippen LogP contribution < -0.4 is 10.1 Å². The summed E-state index contributed by atoms with van der Waals surface area (Å²) in [5.41, 5.74) is 0.484. The molecule has 1 fully saturated rings. The lowest BCUT2D eigenvalue weighted by molar-refractivity contribution is 0.0531. The molecule has 1 amide bonds. The second kappa shape index (κ2) is 8.41. The largest absolute Gasteiger partial charge is 0.489 e. The van der Waals surface area contributed by atoms with Crippen LogP contribution in [0.3, 0.4) is 0 Å². The Morgan fingerprint density at radius 1 is 1.32 bits per heavy atom. The summed E-state index contributed by atoms with van der Waals surface area (Å²) < 4.78 is 29.0. The third kappa shape index (κ3) is 5.80. The van der Waals surface area contributed by atoms with Gasteiger partial charge in [0.2, 0.25) is 11.7 Å². The summed E-state index contributed by atoms with van der Waals surface area (Å²) in [5.74, 6) is 2.19. The molecular formula is C20H24FN3O4. The predicted molar refractivity (Wildman–Crippen MR) is 101 cm³/mol. The van der Waals surface area contributed by atoms with Gasteiger partial charge in [-0.05, 0) is 57.9 Å². The SMILES string of the molecule is CC(C)(C)OC(=O)NC/C(=C\F)COc1ccc(-c2noc(C3CC3)n2)cc1. The Morgan fingerprint density at radius 3 is 2.64 bits per heavy atom. The fourth-order valence-electron chi connectivity index (χ4n) is 2.35. The fourth-order valence-corrected chi connectivity index (χ4v) is 2.35. The van der Waals surface area contributed by atoms with Crippen molar-refractivity contribution in [3.05, 3.63) is 42.1 Å². The first-order chi connectivity index (χ1) is 13.3. The van der Waals surface area contributed by atoms with Crippen molar-refractivity contribution in [2.45, 2.75) is 45.1 Å². The molecule has 3 rings (SSSR count). The minimum Gasteiger partial charge on any atom is -0.489 e. The topological polar surface area (TPSA) is 86.5 Å². The number of hydrogen-bond donors (Lipinski definition) is 1. The molecule has 0 atom stereocenters. The predicted octanol–water partition coefficient (Wildman–Crippen LogP) is 4.37. The number of carbonyl (C=O) groups is 1. The molecule has 1 aliphatic carbocycles. The summed E-state index contributed by atoms with van der Waals surface area (Å²) in [6.07, 6.45) is 2.01. The number of hydrogen-bond acceptors (Lipinski definition) is 6. The summed E-state index contributed by atoms with van der Waals surface area (Å²) >= 11 is 0. The quantitative estimate of drug-likeness (QED) is 0.757. The molecule has 150 valence electrons. The first kappa shape index (κ1) is 19.9. The van der Waals surface area contributed by atoms with E-state index in [4.69, 9.17) is 14.0 Å². The highest BCUT2D eigenvalue weighted by molar-refractivity contribution is 5.68. The highest BCUT2D eigenvalue weighted by Crippen LogP contribution is 2.39. The van der Waals surface area contributed by atoms with E-state index in [1.807, 2.05) is 12.1 Å². The van der Waals surface area contributed by atoms with Crippen molar-refractivity contribution in [3.63, 3.8) is 0 Å². The normalized spacial score (nSPS) is 14.6. The lowest BCUT2D eigenvalue weighted by Crippen LogP contribution is -2.34. The molecule has 0 radical (unpaired) electrons. The van der Waals surface area contributed by atoms with Crippen LogP contribution in [0, 0.1) is 0 Å². The summed E-state index contributed by atoms with van der Waals surface area (Å²) in [5, 5.41) is 6.49. The third-order valence-corrected chi connectivity index (χ3v) is 3.92. The van der Waals surface area contributed by atoms with Gasteiger partial charge in [0.05, 0.1) is 6.33 Å². The van der Waals surface area contributed by atoms with Gasteiger partial charge in [-0.2, -0.15) is 4.98 Å². The molecule has 1 N–H and O–H groups in total. The van der Waals surface area contributed by atoms with E-state index in [0.717, 1.165) is 18.4 Å². The molecule has 28 heavy (non-hydrogen) atoms. The van der Waals surface area contributed by atoms with Crippen LogP contribution in [0.5, 0.6) is 5.75 Å². The van der Waals surface area contributed by atoms with Crippen molar-refractivity contribution < 1.29 is 23.2 Å². The van der Waals surface area contributed by atoms with Gasteiger partial charge in [0.15, 0.2) is 0 Å². The number of nitrogens with zero attached hydrogens (tertiary/aromatic N) is 2. The molecule has 0 unspecified atom stereocenters. The Balaban J connectivity index is 1.48. The van der Waals surface area contributed by atoms with E-state index in [1.54, 1.807) is 32.9 Å². The second-order valence-corrected chi connectivity index (χ2v) is 7.67. The van der Waals surface area contributed by atoms with Crippen LogP contribution in [0.15, 0.2) is 40.7 Å². The molecule has 0 spiro atoms. The van der Waals surface area contributed by atoms with Crippen molar-refractivity contribution in [3.8, 4) is 17.1 Å². The van der Waals surface area contributed by atoms with Crippen LogP contribution in [-0.2, 0) is 4.74 Å². The van der Waals surface area contributed by atoms with Crippen molar-refractivity contribution in [2.75, 3.05) is 13.2 Å². The fraction of sp³-hybridized carbons (Fsp3) is 0.450. The number of rotatable bonds is 7. The lowest BCUT2D eigenvalue weighted by atomic mass is 10.2. The minimum absolute atomic E-state index is 0.000314. The highest BCUT2D eigenvalue weighted by Gasteiger charge is 2.29. The third-order valence-electron chi connectivity index (χ3n) is 3.92. The molecule has 8 heteroatoms. The average molecular weight is 389 g/mol. The van der Waals surface area contributed by atoms with Crippen LogP contribution in [0.2, 0.25) is 0 Å². The summed E-state index contributed by atoms with van der Waals surface area (Å²) in [7, 11) is 0. The maximum atomic E-state index is 13.0. The molecule has 7 nitrogen and oxygen atoms in total. The first-order valence-electron chi connectivity index (χ1n) is 9.16. The van der Waals surface area contributed by atoms with E-state index in [1.165, 1.54) is 0 Å². The smallest absolute Gasteiger partial charge is 0.407 e. The van der Waals surface area contributed by atoms with Gasteiger partial charge in [0, 0.05) is 23.6 Å². The molecule has 1 aromatic carbocycles. The number of aromatic nitrogens is 2. The van der Waals surface area contributed by atoms with Crippen LogP contribution in [0.1, 0.15) is 45.4 Å². The van der Waals surface area contributed by atoms with Gasteiger partial charge in [-0.15, -0.1) is 0 Å². The molecule has 1 aromatic heterocycles. The van der Waals surface area contributed by atoms with Crippen molar-refractivity contribution >= 4 is 6.09 Å². The number of carbonyl (C=O) groups excluding carboxylic acids is 1. The van der Waals surface area contributed by atoms with E-state index in [2.05, 4.69) is 15.5 Å². The summed E-state index contributed by atoms with van der Waals surface area (Å²) in [6.45, 7) is 5.27. The Bertz CT molecular complexity index is 836. The number of amides is 1. The van der Waals surface area contributed by atoms with Crippen molar-refractivity contribution in [1.82, 2.24) is 15.5 Å². The Kier molecular flexibility index (Phi) is 5.96. The zero-order chi connectivity index (χ0) is 20.1. The lowest BCUT2D eigenvalue weighted by Gasteiger charge is -2.20. The molecular weight excluding hydrogens is 365 g/mol. The number of benzene rings is 1. The zero-order valence-electron chi connectivity index (χ0n) is 16.2. The van der Waals surface area contributed by atoms with Gasteiger partial charge in [-0.25, -0.2) is 9.18 Å². The van der Waals surface area contributed by atoms with Crippen molar-refractivity contribution in [1.29, 1.82) is 0 Å². The maximum absolute atomic E-state index is 13.0. The minimum atomic E-state index is -0.611. The van der Waals surface area contributed by atoms with E-state index >= 15 is 0 Å². The van der Waals surface area contributed by atoms with Crippen LogP contribution in [-0.4, -0.2) is 35.0 Å². The number of alkyl carbamates (subject to hydrolysis) is 1. The molecule has 0 aliphatic heterocycles. The molecule has 0 saturated heterocycles. The van der Waals surface area contributed by atoms with E-state index in [9.17, 15) is 9.18 Å². The first-order valence-corrected chi connectivity index (χ1v) is 9.16. The Morgan fingerprint density at radius 2 is 2.04 bits per heavy atom. The molecule has 2 aromatic rings. The van der Waals surface area contributed by atoms with Gasteiger partial charge in [0.25, 0.3) is 0 Å². The van der Waals surface area contributed by atoms with Gasteiger partial charge in [-0.3, -0.25) is 0 Å². The van der Waals surface area contributed by atoms with E-state index < -0.39 is 11.7 Å². The van der Waals surface area contributed by atoms with Gasteiger partial charge in [0.1, 0.15) is 18.0 Å². The van der Waals surface area contributed by atoms with Gasteiger partial charge < -0.3 is 19.3 Å². The Labute approximate surface area is 162 Å². The maximum Gasteiger partial charge on any atom is 0.407 e. The molecule has 0 bridgehead atoms. The highest BCUT2D eigenvalue weighted by atomic mass is 19.1. The standard InChI is InChI=1S/C20H24FN3O4/c1-20(2,3)27-19(25)22-11-13(10-21)12-26-16-8-6-14(7-9-16)17-23-18(28-24-17)15-4-5-15/h6-10,15H,4-5,11-12H2,1-3H3,(H,22,25)/b13-10+. The summed E-state index contributed by atoms with van der Waals surface area (Å²) in [4.78, 5) is 16.0. The van der Waals surface area contributed by atoms with Crippen LogP contribution in [0.4, 0.5) is 9.18 Å². The molecule has 1 saturated carbocycles. The number of halogens is 1. The number of nitrogens with one attached hydrogen (secondary N) is 1. The molecule has 1 heterocycles. The van der Waals surface area contributed by atoms with Crippen molar-refractivity contribution in [2.24, 2.45) is 0 Å².